The van der Waals surface area contributed by atoms with Gasteiger partial charge in [-0.2, -0.15) is 0 Å². The number of hydrogen-bond donors (Lipinski definition) is 0. The van der Waals surface area contributed by atoms with Crippen molar-refractivity contribution in [3.8, 4) is 0 Å². The van der Waals surface area contributed by atoms with Gasteiger partial charge in [0.2, 0.25) is 0 Å². The summed E-state index contributed by atoms with van der Waals surface area (Å²) >= 11 is 0. The molecule has 1 fully saturated rings. The van der Waals surface area contributed by atoms with Gasteiger partial charge < -0.3 is 4.90 Å². The minimum absolute atomic E-state index is 0.0806. The molecule has 1 nitrogen and oxygen atoms in total. The Labute approximate surface area is 71.2 Å². The lowest BCUT2D eigenvalue weighted by atomic mass is 10.1. The molecular weight excluding hydrogens is 153 g/mol. The minimum atomic E-state index is 0.0806. The number of likely N-dealkylation sites (tertiary alicyclic amines) is 1. The smallest absolute Gasteiger partial charge is 0.118 e. The van der Waals surface area contributed by atoms with Crippen molar-refractivity contribution in [3.63, 3.8) is 0 Å². The molecule has 1 saturated heterocycles. The van der Waals surface area contributed by atoms with Gasteiger partial charge >= 0.3 is 0 Å². The molecule has 0 spiro atoms. The van der Waals surface area contributed by atoms with Crippen LogP contribution in [0.2, 0.25) is 0 Å². The highest BCUT2D eigenvalue weighted by Crippen LogP contribution is 2.30. The van der Waals surface area contributed by atoms with Crippen molar-refractivity contribution in [3.05, 3.63) is 0 Å². The second-order valence-electron chi connectivity index (χ2n) is 3.42. The van der Waals surface area contributed by atoms with Crippen molar-refractivity contribution in [2.75, 3.05) is 26.3 Å². The van der Waals surface area contributed by atoms with Crippen LogP contribution >= 0.6 is 7.55 Å². The van der Waals surface area contributed by atoms with Gasteiger partial charge in [-0.3, -0.25) is 0 Å². The fourth-order valence-electron chi connectivity index (χ4n) is 1.68. The third kappa shape index (κ3) is 2.57. The first-order valence-electron chi connectivity index (χ1n) is 4.49. The number of piperidine rings is 1. The van der Waals surface area contributed by atoms with Gasteiger partial charge in [-0.1, -0.05) is 6.92 Å². The highest BCUT2D eigenvalue weighted by molar-refractivity contribution is 7.55. The highest BCUT2D eigenvalue weighted by atomic mass is 31.1. The third-order valence-corrected chi connectivity index (χ3v) is 4.39. The van der Waals surface area contributed by atoms with Gasteiger partial charge in [0.1, 0.15) is 5.66 Å². The van der Waals surface area contributed by atoms with Crippen molar-refractivity contribution in [2.45, 2.75) is 25.4 Å². The maximum Gasteiger partial charge on any atom is 0.118 e. The van der Waals surface area contributed by atoms with E-state index in [9.17, 15) is 0 Å². The molecule has 1 aliphatic rings. The Balaban J connectivity index is 2.30. The van der Waals surface area contributed by atoms with Gasteiger partial charge in [-0.05, 0) is 6.54 Å². The third-order valence-electron chi connectivity index (χ3n) is 2.63. The summed E-state index contributed by atoms with van der Waals surface area (Å²) < 4.78 is 0. The van der Waals surface area contributed by atoms with Crippen molar-refractivity contribution in [1.29, 1.82) is 0 Å². The molecule has 1 heterocycles. The van der Waals surface area contributed by atoms with E-state index in [1.807, 2.05) is 0 Å². The molecule has 1 unspecified atom stereocenters. The van der Waals surface area contributed by atoms with Crippen molar-refractivity contribution in [1.82, 2.24) is 4.90 Å². The molecule has 11 heavy (non-hydrogen) atoms. The summed E-state index contributed by atoms with van der Waals surface area (Å²) in [7, 11) is 0.0806. The Morgan fingerprint density at radius 2 is 2.00 bits per heavy atom. The molecule has 1 aliphatic heterocycles. The lowest BCUT2D eigenvalue weighted by Gasteiger charge is -2.27. The Bertz CT molecular complexity index is 136. The van der Waals surface area contributed by atoms with Gasteiger partial charge in [0.05, 0.1) is 20.5 Å². The fraction of sp³-hybridized carbons (Fsp3) is 0.889. The second-order valence-corrected chi connectivity index (χ2v) is 5.67. The van der Waals surface area contributed by atoms with E-state index in [2.05, 4.69) is 24.8 Å². The molecule has 0 amide bonds. The Hall–Kier alpha value is 0.130. The summed E-state index contributed by atoms with van der Waals surface area (Å²) in [6, 6.07) is 0. The molecule has 0 aromatic heterocycles. The number of rotatable bonds is 2. The van der Waals surface area contributed by atoms with Crippen LogP contribution in [0.3, 0.4) is 0 Å². The first-order chi connectivity index (χ1) is 5.24. The average Bonchev–Trinajstić information content (AvgIpc) is 2.05. The van der Waals surface area contributed by atoms with E-state index in [4.69, 9.17) is 0 Å². The van der Waals surface area contributed by atoms with Crippen LogP contribution in [0.15, 0.2) is 0 Å². The predicted octanol–water partition coefficient (Wildman–Crippen LogP) is 2.01. The van der Waals surface area contributed by atoms with E-state index in [-0.39, 0.29) is 7.55 Å². The molecule has 0 aromatic rings. The van der Waals surface area contributed by atoms with Crippen molar-refractivity contribution in [2.24, 2.45) is 0 Å². The second kappa shape index (κ2) is 4.23. The van der Waals surface area contributed by atoms with Crippen LogP contribution in [0.4, 0.5) is 0 Å². The summed E-state index contributed by atoms with van der Waals surface area (Å²) in [4.78, 5) is 2.54. The van der Waals surface area contributed by atoms with Crippen LogP contribution < -0.4 is 0 Å². The molecule has 64 valence electrons. The van der Waals surface area contributed by atoms with Crippen molar-refractivity contribution < 1.29 is 0 Å². The van der Waals surface area contributed by atoms with E-state index < -0.39 is 0 Å². The molecule has 1 rings (SSSR count). The van der Waals surface area contributed by atoms with E-state index in [1.54, 1.807) is 0 Å². The quantitative estimate of drug-likeness (QED) is 0.576. The van der Waals surface area contributed by atoms with Crippen LogP contribution in [0, 0.1) is 0 Å². The highest BCUT2D eigenvalue weighted by Gasteiger charge is 2.24. The Morgan fingerprint density at radius 1 is 1.45 bits per heavy atom. The van der Waals surface area contributed by atoms with Crippen LogP contribution in [-0.4, -0.2) is 43.2 Å². The molecule has 1 atom stereocenters. The normalized spacial score (nSPS) is 23.6. The van der Waals surface area contributed by atoms with Gasteiger partial charge in [-0.25, -0.2) is 0 Å². The van der Waals surface area contributed by atoms with Crippen LogP contribution in [0.5, 0.6) is 0 Å². The molecule has 0 radical (unpaired) electrons. The molecule has 0 aromatic carbocycles. The molecule has 0 saturated carbocycles. The maximum atomic E-state index is 4.16. The largest absolute Gasteiger partial charge is 0.303 e. The zero-order chi connectivity index (χ0) is 8.27. The molecule has 0 bridgehead atoms. The van der Waals surface area contributed by atoms with Crippen LogP contribution in [0.1, 0.15) is 19.8 Å². The first kappa shape index (κ1) is 9.22. The standard InChI is InChI=1S/C9H19NP/c1-4-10-7-5-9(6-8-10)11(2)3/h9H,2,4-8H2,1,3H3/q+1. The average molecular weight is 172 g/mol. The summed E-state index contributed by atoms with van der Waals surface area (Å²) in [6.45, 7) is 8.40. The maximum absolute atomic E-state index is 4.16. The summed E-state index contributed by atoms with van der Waals surface area (Å²) in [5, 5.41) is 0. The van der Waals surface area contributed by atoms with Crippen LogP contribution in [-0.2, 0) is 0 Å². The molecular formula is C9H19NP+. The summed E-state index contributed by atoms with van der Waals surface area (Å²) in [5.41, 5.74) is 0.952. The van der Waals surface area contributed by atoms with Crippen molar-refractivity contribution >= 4 is 13.8 Å². The monoisotopic (exact) mass is 172 g/mol. The zero-order valence-electron chi connectivity index (χ0n) is 7.71. The number of nitrogens with zero attached hydrogens (tertiary/aromatic N) is 1. The molecule has 2 heteroatoms. The fourth-order valence-corrected chi connectivity index (χ4v) is 2.79. The lowest BCUT2D eigenvalue weighted by Crippen LogP contribution is -2.34. The van der Waals surface area contributed by atoms with E-state index in [0.29, 0.717) is 0 Å². The zero-order valence-corrected chi connectivity index (χ0v) is 8.61. The van der Waals surface area contributed by atoms with Gasteiger partial charge in [0.15, 0.2) is 0 Å². The lowest BCUT2D eigenvalue weighted by molar-refractivity contribution is 0.243. The first-order valence-corrected chi connectivity index (χ1v) is 6.54. The van der Waals surface area contributed by atoms with E-state index in [0.717, 1.165) is 5.66 Å². The summed E-state index contributed by atoms with van der Waals surface area (Å²) in [5.74, 6) is 0. The van der Waals surface area contributed by atoms with Gasteiger partial charge in [-0.15, -0.1) is 0 Å². The van der Waals surface area contributed by atoms with E-state index in [1.165, 1.54) is 32.5 Å². The number of hydrogen-bond acceptors (Lipinski definition) is 1. The minimum Gasteiger partial charge on any atom is -0.303 e. The SMILES string of the molecule is C=[P+](C)C1CCN(CC)CC1. The van der Waals surface area contributed by atoms with Gasteiger partial charge in [0.25, 0.3) is 0 Å². The van der Waals surface area contributed by atoms with E-state index >= 15 is 0 Å². The summed E-state index contributed by atoms with van der Waals surface area (Å²) in [6.07, 6.45) is 6.94. The topological polar surface area (TPSA) is 3.24 Å². The predicted molar refractivity (Wildman–Crippen MR) is 55.1 cm³/mol. The molecule has 0 aliphatic carbocycles. The van der Waals surface area contributed by atoms with Gasteiger partial charge in [0, 0.05) is 25.9 Å². The Kier molecular flexibility index (Phi) is 3.54. The van der Waals surface area contributed by atoms with Crippen LogP contribution in [0.25, 0.3) is 0 Å². The Morgan fingerprint density at radius 3 is 2.36 bits per heavy atom. The molecule has 0 N–H and O–H groups in total.